The van der Waals surface area contributed by atoms with Crippen LogP contribution in [0.5, 0.6) is 5.75 Å². The lowest BCUT2D eigenvalue weighted by atomic mass is 9.97. The smallest absolute Gasteiger partial charge is 0.166 e. The Kier molecular flexibility index (Phi) is 5.67. The van der Waals surface area contributed by atoms with Gasteiger partial charge < -0.3 is 4.74 Å². The molecule has 0 radical (unpaired) electrons. The first-order chi connectivity index (χ1) is 8.52. The first kappa shape index (κ1) is 15.0. The van der Waals surface area contributed by atoms with Crippen LogP contribution in [0.4, 0.5) is 0 Å². The number of aryl methyl sites for hydroxylation is 1. The Morgan fingerprint density at radius 3 is 2.56 bits per heavy atom. The maximum atomic E-state index is 12.2. The summed E-state index contributed by atoms with van der Waals surface area (Å²) in [5, 5.41) is 0.665. The average Bonchev–Trinajstić information content (AvgIpc) is 2.34. The molecule has 2 nitrogen and oxygen atoms in total. The highest BCUT2D eigenvalue weighted by Gasteiger charge is 2.18. The van der Waals surface area contributed by atoms with Gasteiger partial charge >= 0.3 is 0 Å². The van der Waals surface area contributed by atoms with Crippen molar-refractivity contribution in [1.29, 1.82) is 0 Å². The van der Waals surface area contributed by atoms with Gasteiger partial charge in [0, 0.05) is 11.4 Å². The van der Waals surface area contributed by atoms with E-state index in [0.717, 1.165) is 24.0 Å². The van der Waals surface area contributed by atoms with Gasteiger partial charge in [-0.1, -0.05) is 24.9 Å². The lowest BCUT2D eigenvalue weighted by Crippen LogP contribution is -2.07. The van der Waals surface area contributed by atoms with Crippen LogP contribution in [0.3, 0.4) is 0 Å². The van der Waals surface area contributed by atoms with Gasteiger partial charge in [-0.05, 0) is 44.4 Å². The van der Waals surface area contributed by atoms with Crippen LogP contribution in [-0.2, 0) is 0 Å². The minimum absolute atomic E-state index is 0.125. The summed E-state index contributed by atoms with van der Waals surface area (Å²) in [6.07, 6.45) is 2.46. The zero-order valence-corrected chi connectivity index (χ0v) is 12.4. The van der Waals surface area contributed by atoms with Crippen molar-refractivity contribution in [1.82, 2.24) is 0 Å². The molecule has 0 aliphatic heterocycles. The van der Waals surface area contributed by atoms with Crippen molar-refractivity contribution in [3.8, 4) is 5.75 Å². The Morgan fingerprint density at radius 2 is 2.00 bits per heavy atom. The molecule has 0 aliphatic rings. The van der Waals surface area contributed by atoms with Crippen molar-refractivity contribution in [3.05, 3.63) is 27.8 Å². The minimum atomic E-state index is 0.125. The van der Waals surface area contributed by atoms with Crippen LogP contribution in [0.15, 0.2) is 6.07 Å². The number of carbonyl (C=O) groups excluding carboxylic acids is 1. The molecule has 0 fully saturated rings. The van der Waals surface area contributed by atoms with Crippen LogP contribution in [0.1, 0.15) is 54.6 Å². The number of ether oxygens (including phenoxy) is 1. The normalized spacial score (nSPS) is 10.5. The molecule has 18 heavy (non-hydrogen) atoms. The molecule has 0 spiro atoms. The third-order valence-electron chi connectivity index (χ3n) is 2.98. The van der Waals surface area contributed by atoms with Crippen LogP contribution < -0.4 is 4.74 Å². The fourth-order valence-corrected chi connectivity index (χ4v) is 2.15. The lowest BCUT2D eigenvalue weighted by Gasteiger charge is -2.15. The van der Waals surface area contributed by atoms with E-state index < -0.39 is 0 Å². The van der Waals surface area contributed by atoms with Gasteiger partial charge in [0.05, 0.1) is 12.2 Å². The van der Waals surface area contributed by atoms with E-state index in [4.69, 9.17) is 16.3 Å². The quantitative estimate of drug-likeness (QED) is 0.697. The molecule has 100 valence electrons. The number of hydrogen-bond donors (Lipinski definition) is 0. The number of unbranched alkanes of at least 4 members (excludes halogenated alkanes) is 1. The molecule has 3 heteroatoms. The molecule has 0 N–H and O–H groups in total. The fraction of sp³-hybridized carbons (Fsp3) is 0.533. The number of rotatable bonds is 6. The Labute approximate surface area is 114 Å². The maximum Gasteiger partial charge on any atom is 0.166 e. The summed E-state index contributed by atoms with van der Waals surface area (Å²) in [7, 11) is 0. The second-order valence-corrected chi connectivity index (χ2v) is 4.84. The second-order valence-electron chi connectivity index (χ2n) is 4.47. The molecule has 0 aliphatic carbocycles. The van der Waals surface area contributed by atoms with Crippen LogP contribution >= 0.6 is 11.6 Å². The molecule has 0 bridgehead atoms. The molecule has 0 aromatic heterocycles. The van der Waals surface area contributed by atoms with Gasteiger partial charge in [0.2, 0.25) is 0 Å². The van der Waals surface area contributed by atoms with Crippen LogP contribution in [0.25, 0.3) is 0 Å². The fourth-order valence-electron chi connectivity index (χ4n) is 2.00. The third-order valence-corrected chi connectivity index (χ3v) is 3.56. The first-order valence-corrected chi connectivity index (χ1v) is 6.86. The summed E-state index contributed by atoms with van der Waals surface area (Å²) in [4.78, 5) is 12.2. The predicted octanol–water partition coefficient (Wildman–Crippen LogP) is 4.73. The zero-order valence-electron chi connectivity index (χ0n) is 11.6. The molecular formula is C15H21ClO2. The molecule has 0 heterocycles. The minimum Gasteiger partial charge on any atom is -0.493 e. The summed E-state index contributed by atoms with van der Waals surface area (Å²) < 4.78 is 5.58. The Balaban J connectivity index is 3.21. The number of halogens is 1. The maximum absolute atomic E-state index is 12.2. The van der Waals surface area contributed by atoms with Gasteiger partial charge in [0.25, 0.3) is 0 Å². The Hall–Kier alpha value is -1.02. The van der Waals surface area contributed by atoms with Crippen molar-refractivity contribution < 1.29 is 9.53 Å². The summed E-state index contributed by atoms with van der Waals surface area (Å²) in [6, 6.07) is 1.86. The molecule has 1 rings (SSSR count). The number of Topliss-reactive ketones (excluding diaryl/α,β-unsaturated/α-hetero) is 1. The van der Waals surface area contributed by atoms with Gasteiger partial charge in [0.15, 0.2) is 5.78 Å². The predicted molar refractivity (Wildman–Crippen MR) is 76.0 cm³/mol. The van der Waals surface area contributed by atoms with E-state index >= 15 is 0 Å². The molecular weight excluding hydrogens is 248 g/mol. The molecule has 0 unspecified atom stereocenters. The number of ketones is 1. The topological polar surface area (TPSA) is 26.3 Å². The molecule has 0 amide bonds. The van der Waals surface area contributed by atoms with Gasteiger partial charge in [0.1, 0.15) is 5.75 Å². The van der Waals surface area contributed by atoms with E-state index in [-0.39, 0.29) is 5.78 Å². The molecule has 1 aromatic carbocycles. The molecule has 0 saturated carbocycles. The Bertz CT molecular complexity index is 439. The lowest BCUT2D eigenvalue weighted by molar-refractivity contribution is 0.0975. The molecule has 1 aromatic rings. The zero-order chi connectivity index (χ0) is 13.7. The SMILES string of the molecule is CCCCC(=O)c1c(OCC)cc(C)c(Cl)c1C. The van der Waals surface area contributed by atoms with Crippen molar-refractivity contribution in [2.75, 3.05) is 6.61 Å². The second kappa shape index (κ2) is 6.79. The van der Waals surface area contributed by atoms with Crippen molar-refractivity contribution >= 4 is 17.4 Å². The number of carbonyl (C=O) groups is 1. The van der Waals surface area contributed by atoms with Crippen molar-refractivity contribution in [2.45, 2.75) is 47.0 Å². The first-order valence-electron chi connectivity index (χ1n) is 6.48. The average molecular weight is 269 g/mol. The highest BCUT2D eigenvalue weighted by molar-refractivity contribution is 6.32. The monoisotopic (exact) mass is 268 g/mol. The van der Waals surface area contributed by atoms with E-state index in [0.29, 0.717) is 29.4 Å². The van der Waals surface area contributed by atoms with Gasteiger partial charge in [-0.3, -0.25) is 4.79 Å². The van der Waals surface area contributed by atoms with E-state index in [1.807, 2.05) is 26.8 Å². The van der Waals surface area contributed by atoms with Gasteiger partial charge in [-0.2, -0.15) is 0 Å². The van der Waals surface area contributed by atoms with Gasteiger partial charge in [-0.15, -0.1) is 0 Å². The van der Waals surface area contributed by atoms with Crippen LogP contribution in [-0.4, -0.2) is 12.4 Å². The Morgan fingerprint density at radius 1 is 1.33 bits per heavy atom. The van der Waals surface area contributed by atoms with E-state index in [1.165, 1.54) is 0 Å². The standard InChI is InChI=1S/C15H21ClO2/c1-5-7-8-12(17)14-11(4)15(16)10(3)9-13(14)18-6-2/h9H,5-8H2,1-4H3. The summed E-state index contributed by atoms with van der Waals surface area (Å²) in [5.74, 6) is 0.790. The summed E-state index contributed by atoms with van der Waals surface area (Å²) >= 11 is 6.23. The number of hydrogen-bond acceptors (Lipinski definition) is 2. The highest BCUT2D eigenvalue weighted by Crippen LogP contribution is 2.32. The largest absolute Gasteiger partial charge is 0.493 e. The molecule has 0 atom stereocenters. The third kappa shape index (κ3) is 3.26. The molecule has 0 saturated heterocycles. The van der Waals surface area contributed by atoms with E-state index in [1.54, 1.807) is 0 Å². The van der Waals surface area contributed by atoms with Crippen molar-refractivity contribution in [2.24, 2.45) is 0 Å². The van der Waals surface area contributed by atoms with Gasteiger partial charge in [-0.25, -0.2) is 0 Å². The van der Waals surface area contributed by atoms with E-state index in [2.05, 4.69) is 6.92 Å². The highest BCUT2D eigenvalue weighted by atomic mass is 35.5. The van der Waals surface area contributed by atoms with E-state index in [9.17, 15) is 4.79 Å². The summed E-state index contributed by atoms with van der Waals surface area (Å²) in [6.45, 7) is 8.36. The summed E-state index contributed by atoms with van der Waals surface area (Å²) in [5.41, 5.74) is 2.44. The number of benzene rings is 1. The van der Waals surface area contributed by atoms with Crippen LogP contribution in [0, 0.1) is 13.8 Å². The van der Waals surface area contributed by atoms with Crippen LogP contribution in [0.2, 0.25) is 5.02 Å². The van der Waals surface area contributed by atoms with Crippen molar-refractivity contribution in [3.63, 3.8) is 0 Å².